The molecule has 1 saturated heterocycles. The third-order valence-electron chi connectivity index (χ3n) is 3.52. The zero-order valence-corrected chi connectivity index (χ0v) is 13.8. The van der Waals surface area contributed by atoms with Crippen molar-refractivity contribution in [1.82, 2.24) is 4.98 Å². The van der Waals surface area contributed by atoms with Crippen LogP contribution in [-0.2, 0) is 9.53 Å². The second kappa shape index (κ2) is 7.39. The van der Waals surface area contributed by atoms with Gasteiger partial charge in [-0.3, -0.25) is 4.79 Å². The molecule has 6 heteroatoms. The summed E-state index contributed by atoms with van der Waals surface area (Å²) in [5, 5.41) is 2.92. The first-order valence-corrected chi connectivity index (χ1v) is 8.37. The van der Waals surface area contributed by atoms with Crippen LogP contribution >= 0.6 is 11.3 Å². The summed E-state index contributed by atoms with van der Waals surface area (Å²) in [6, 6.07) is 7.75. The van der Waals surface area contributed by atoms with E-state index in [0.29, 0.717) is 13.2 Å². The molecule has 0 saturated carbocycles. The van der Waals surface area contributed by atoms with E-state index in [1.54, 1.807) is 23.6 Å². The van der Waals surface area contributed by atoms with Crippen LogP contribution in [-0.4, -0.2) is 37.2 Å². The molecule has 0 radical (unpaired) electrons. The van der Waals surface area contributed by atoms with Crippen molar-refractivity contribution in [2.45, 2.75) is 6.92 Å². The van der Waals surface area contributed by atoms with Crippen molar-refractivity contribution in [3.63, 3.8) is 0 Å². The molecule has 2 aromatic heterocycles. The fraction of sp³-hybridized carbons (Fsp3) is 0.294. The fourth-order valence-corrected chi connectivity index (χ4v) is 3.18. The van der Waals surface area contributed by atoms with Gasteiger partial charge in [-0.05, 0) is 37.3 Å². The number of morpholine rings is 1. The fourth-order valence-electron chi connectivity index (χ4n) is 2.40. The molecule has 1 amide bonds. The molecular formula is C17H19N3O2S. The summed E-state index contributed by atoms with van der Waals surface area (Å²) < 4.78 is 5.36. The van der Waals surface area contributed by atoms with Crippen LogP contribution in [0.4, 0.5) is 11.5 Å². The molecule has 0 bridgehead atoms. The van der Waals surface area contributed by atoms with Crippen LogP contribution in [0, 0.1) is 6.92 Å². The van der Waals surface area contributed by atoms with E-state index in [-0.39, 0.29) is 5.91 Å². The molecule has 0 aliphatic carbocycles. The summed E-state index contributed by atoms with van der Waals surface area (Å²) >= 11 is 1.66. The van der Waals surface area contributed by atoms with Gasteiger partial charge in [0.25, 0.3) is 0 Å². The van der Waals surface area contributed by atoms with Gasteiger partial charge in [-0.25, -0.2) is 4.98 Å². The van der Waals surface area contributed by atoms with E-state index >= 15 is 0 Å². The van der Waals surface area contributed by atoms with E-state index in [2.05, 4.69) is 15.2 Å². The van der Waals surface area contributed by atoms with Gasteiger partial charge in [0.2, 0.25) is 5.91 Å². The van der Waals surface area contributed by atoms with E-state index in [9.17, 15) is 4.79 Å². The minimum absolute atomic E-state index is 0.154. The highest BCUT2D eigenvalue weighted by atomic mass is 32.1. The lowest BCUT2D eigenvalue weighted by Gasteiger charge is -2.29. The Bertz CT molecular complexity index is 705. The SMILES string of the molecule is Cc1ccc(C=CC(=O)Nc2cccnc2N2CCOCC2)s1. The van der Waals surface area contributed by atoms with Crippen molar-refractivity contribution in [3.05, 3.63) is 46.3 Å². The highest BCUT2D eigenvalue weighted by Crippen LogP contribution is 2.23. The molecule has 5 nitrogen and oxygen atoms in total. The van der Waals surface area contributed by atoms with Crippen molar-refractivity contribution in [2.24, 2.45) is 0 Å². The third kappa shape index (κ3) is 4.18. The average molecular weight is 329 g/mol. The number of aromatic nitrogens is 1. The van der Waals surface area contributed by atoms with Crippen molar-refractivity contribution < 1.29 is 9.53 Å². The van der Waals surface area contributed by atoms with Gasteiger partial charge in [-0.1, -0.05) is 0 Å². The number of ether oxygens (including phenoxy) is 1. The van der Waals surface area contributed by atoms with Crippen molar-refractivity contribution in [3.8, 4) is 0 Å². The number of hydrogen-bond acceptors (Lipinski definition) is 5. The normalized spacial score (nSPS) is 15.1. The highest BCUT2D eigenvalue weighted by molar-refractivity contribution is 7.12. The van der Waals surface area contributed by atoms with Crippen molar-refractivity contribution in [2.75, 3.05) is 36.5 Å². The van der Waals surface area contributed by atoms with Gasteiger partial charge in [0.1, 0.15) is 0 Å². The van der Waals surface area contributed by atoms with Crippen LogP contribution in [0.5, 0.6) is 0 Å². The van der Waals surface area contributed by atoms with Crippen LogP contribution in [0.25, 0.3) is 6.08 Å². The Hall–Kier alpha value is -2.18. The quantitative estimate of drug-likeness (QED) is 0.876. The lowest BCUT2D eigenvalue weighted by molar-refractivity contribution is -0.111. The smallest absolute Gasteiger partial charge is 0.248 e. The summed E-state index contributed by atoms with van der Waals surface area (Å²) in [5.74, 6) is 0.642. The van der Waals surface area contributed by atoms with E-state index < -0.39 is 0 Å². The van der Waals surface area contributed by atoms with Crippen LogP contribution < -0.4 is 10.2 Å². The number of anilines is 2. The van der Waals surface area contributed by atoms with E-state index in [1.165, 1.54) is 4.88 Å². The zero-order chi connectivity index (χ0) is 16.1. The minimum atomic E-state index is -0.154. The zero-order valence-electron chi connectivity index (χ0n) is 13.0. The van der Waals surface area contributed by atoms with Gasteiger partial charge in [0, 0.05) is 35.1 Å². The van der Waals surface area contributed by atoms with Gasteiger partial charge in [0.05, 0.1) is 18.9 Å². The average Bonchev–Trinajstić information content (AvgIpc) is 3.00. The number of pyridine rings is 1. The Kier molecular flexibility index (Phi) is 5.05. The van der Waals surface area contributed by atoms with Crippen LogP contribution in [0.15, 0.2) is 36.5 Å². The van der Waals surface area contributed by atoms with Gasteiger partial charge in [-0.15, -0.1) is 11.3 Å². The lowest BCUT2D eigenvalue weighted by atomic mass is 10.3. The first-order chi connectivity index (χ1) is 11.2. The first kappa shape index (κ1) is 15.7. The maximum Gasteiger partial charge on any atom is 0.248 e. The van der Waals surface area contributed by atoms with E-state index in [0.717, 1.165) is 29.5 Å². The minimum Gasteiger partial charge on any atom is -0.378 e. The molecule has 1 fully saturated rings. The molecule has 0 spiro atoms. The summed E-state index contributed by atoms with van der Waals surface area (Å²) in [5.41, 5.74) is 0.728. The number of hydrogen-bond donors (Lipinski definition) is 1. The monoisotopic (exact) mass is 329 g/mol. The van der Waals surface area contributed by atoms with Gasteiger partial charge >= 0.3 is 0 Å². The number of amides is 1. The van der Waals surface area contributed by atoms with Gasteiger partial charge in [-0.2, -0.15) is 0 Å². The largest absolute Gasteiger partial charge is 0.378 e. The highest BCUT2D eigenvalue weighted by Gasteiger charge is 2.16. The molecule has 120 valence electrons. The topological polar surface area (TPSA) is 54.5 Å². The Morgan fingerprint density at radius 3 is 2.91 bits per heavy atom. The number of carbonyl (C=O) groups is 1. The number of nitrogens with zero attached hydrogens (tertiary/aromatic N) is 2. The molecule has 23 heavy (non-hydrogen) atoms. The molecular weight excluding hydrogens is 310 g/mol. The lowest BCUT2D eigenvalue weighted by Crippen LogP contribution is -2.37. The molecule has 0 atom stereocenters. The van der Waals surface area contributed by atoms with Crippen molar-refractivity contribution >= 4 is 34.8 Å². The number of nitrogens with one attached hydrogen (secondary N) is 1. The van der Waals surface area contributed by atoms with Crippen LogP contribution in [0.2, 0.25) is 0 Å². The summed E-state index contributed by atoms with van der Waals surface area (Å²) in [7, 11) is 0. The molecule has 1 N–H and O–H groups in total. The predicted octanol–water partition coefficient (Wildman–Crippen LogP) is 2.94. The van der Waals surface area contributed by atoms with E-state index in [4.69, 9.17) is 4.74 Å². The Balaban J connectivity index is 1.69. The Morgan fingerprint density at radius 1 is 1.35 bits per heavy atom. The summed E-state index contributed by atoms with van der Waals surface area (Å²) in [6.07, 6.45) is 5.13. The standard InChI is InChI=1S/C17H19N3O2S/c1-13-4-5-14(23-13)6-7-16(21)19-15-3-2-8-18-17(15)20-9-11-22-12-10-20/h2-8H,9-12H2,1H3,(H,19,21). The Labute approximate surface area is 139 Å². The number of rotatable bonds is 4. The second-order valence-corrected chi connectivity index (χ2v) is 6.56. The maximum absolute atomic E-state index is 12.2. The van der Waals surface area contributed by atoms with Crippen LogP contribution in [0.3, 0.4) is 0 Å². The van der Waals surface area contributed by atoms with Crippen molar-refractivity contribution in [1.29, 1.82) is 0 Å². The number of aryl methyl sites for hydroxylation is 1. The van der Waals surface area contributed by atoms with Crippen LogP contribution in [0.1, 0.15) is 9.75 Å². The predicted molar refractivity (Wildman–Crippen MR) is 94.0 cm³/mol. The number of carbonyl (C=O) groups excluding carboxylic acids is 1. The molecule has 1 aliphatic rings. The Morgan fingerprint density at radius 2 is 2.17 bits per heavy atom. The summed E-state index contributed by atoms with van der Waals surface area (Å²) in [6.45, 7) is 4.98. The third-order valence-corrected chi connectivity index (χ3v) is 4.48. The molecule has 0 unspecified atom stereocenters. The maximum atomic E-state index is 12.2. The van der Waals surface area contributed by atoms with E-state index in [1.807, 2.05) is 37.3 Å². The van der Waals surface area contributed by atoms with Gasteiger partial charge < -0.3 is 15.0 Å². The summed E-state index contributed by atoms with van der Waals surface area (Å²) in [4.78, 5) is 21.0. The molecule has 2 aromatic rings. The van der Waals surface area contributed by atoms with Gasteiger partial charge in [0.15, 0.2) is 5.82 Å². The molecule has 3 rings (SSSR count). The number of thiophene rings is 1. The molecule has 3 heterocycles. The second-order valence-electron chi connectivity index (χ2n) is 5.24. The molecule has 0 aromatic carbocycles. The first-order valence-electron chi connectivity index (χ1n) is 7.55. The molecule has 1 aliphatic heterocycles.